The first-order chi connectivity index (χ1) is 12.4. The Morgan fingerprint density at radius 2 is 2.04 bits per heavy atom. The third-order valence-electron chi connectivity index (χ3n) is 4.47. The molecule has 3 rings (SSSR count). The molecule has 1 N–H and O–H groups in total. The summed E-state index contributed by atoms with van der Waals surface area (Å²) in [5.41, 5.74) is 3.26. The van der Waals surface area contributed by atoms with Crippen LogP contribution in [0.4, 0.5) is 5.82 Å². The Bertz CT molecular complexity index is 782. The van der Waals surface area contributed by atoms with Gasteiger partial charge in [-0.2, -0.15) is 0 Å². The Labute approximate surface area is 153 Å². The first-order valence-corrected chi connectivity index (χ1v) is 8.59. The summed E-state index contributed by atoms with van der Waals surface area (Å²) in [7, 11) is 3.44. The molecule has 138 valence electrons. The summed E-state index contributed by atoms with van der Waals surface area (Å²) in [6, 6.07) is 7.43. The summed E-state index contributed by atoms with van der Waals surface area (Å²) >= 11 is 0. The van der Waals surface area contributed by atoms with Gasteiger partial charge in [-0.25, -0.2) is 0 Å². The summed E-state index contributed by atoms with van der Waals surface area (Å²) in [6.07, 6.45) is -0.497. The number of phenolic OH excluding ortho intramolecular Hbond substituents is 1. The van der Waals surface area contributed by atoms with Crippen molar-refractivity contribution in [1.82, 2.24) is 15.1 Å². The molecule has 1 aliphatic heterocycles. The molecule has 1 aromatic heterocycles. The molecule has 0 radical (unpaired) electrons. The van der Waals surface area contributed by atoms with E-state index in [4.69, 9.17) is 4.74 Å². The predicted molar refractivity (Wildman–Crippen MR) is 99.3 cm³/mol. The lowest BCUT2D eigenvalue weighted by Gasteiger charge is -2.33. The molecule has 1 atom stereocenters. The maximum Gasteiger partial charge on any atom is 0.253 e. The van der Waals surface area contributed by atoms with Crippen molar-refractivity contribution < 1.29 is 14.6 Å². The molecule has 0 spiro atoms. The summed E-state index contributed by atoms with van der Waals surface area (Å²) in [4.78, 5) is 15.7. The van der Waals surface area contributed by atoms with E-state index in [-0.39, 0.29) is 11.7 Å². The summed E-state index contributed by atoms with van der Waals surface area (Å²) in [6.45, 7) is 5.44. The number of benzene rings is 1. The largest absolute Gasteiger partial charge is 0.507 e. The Hall–Kier alpha value is -2.67. The molecule has 1 saturated heterocycles. The van der Waals surface area contributed by atoms with Crippen LogP contribution in [-0.2, 0) is 9.53 Å². The number of phenols is 1. The van der Waals surface area contributed by atoms with Crippen LogP contribution in [-0.4, -0.2) is 66.0 Å². The highest BCUT2D eigenvalue weighted by atomic mass is 16.5. The number of morpholine rings is 1. The zero-order chi connectivity index (χ0) is 18.8. The second-order valence-electron chi connectivity index (χ2n) is 6.79. The van der Waals surface area contributed by atoms with E-state index in [0.717, 1.165) is 11.1 Å². The zero-order valence-corrected chi connectivity index (χ0v) is 15.6. The number of carbonyl (C=O) groups is 1. The van der Waals surface area contributed by atoms with Crippen molar-refractivity contribution in [1.29, 1.82) is 0 Å². The number of rotatable bonds is 3. The third-order valence-corrected chi connectivity index (χ3v) is 4.47. The highest BCUT2D eigenvalue weighted by Gasteiger charge is 2.28. The summed E-state index contributed by atoms with van der Waals surface area (Å²) < 4.78 is 5.57. The van der Waals surface area contributed by atoms with Gasteiger partial charge >= 0.3 is 0 Å². The lowest BCUT2D eigenvalue weighted by molar-refractivity contribution is -0.141. The monoisotopic (exact) mass is 356 g/mol. The van der Waals surface area contributed by atoms with E-state index in [1.54, 1.807) is 20.2 Å². The number of carbonyl (C=O) groups excluding carboxylic acids is 1. The Morgan fingerprint density at radius 3 is 2.65 bits per heavy atom. The zero-order valence-electron chi connectivity index (χ0n) is 15.6. The average molecular weight is 356 g/mol. The van der Waals surface area contributed by atoms with Crippen molar-refractivity contribution in [3.05, 3.63) is 35.4 Å². The van der Waals surface area contributed by atoms with Crippen LogP contribution in [0.15, 0.2) is 24.3 Å². The number of hydrogen-bond donors (Lipinski definition) is 1. The van der Waals surface area contributed by atoms with Gasteiger partial charge in [0.2, 0.25) is 0 Å². The van der Waals surface area contributed by atoms with Gasteiger partial charge in [0.1, 0.15) is 5.75 Å². The smallest absolute Gasteiger partial charge is 0.253 e. The van der Waals surface area contributed by atoms with Gasteiger partial charge in [-0.15, -0.1) is 10.2 Å². The number of nitrogens with zero attached hydrogens (tertiary/aromatic N) is 4. The van der Waals surface area contributed by atoms with E-state index >= 15 is 0 Å². The Balaban J connectivity index is 1.81. The van der Waals surface area contributed by atoms with Crippen LogP contribution in [0, 0.1) is 13.8 Å². The van der Waals surface area contributed by atoms with Crippen molar-refractivity contribution >= 4 is 11.7 Å². The minimum Gasteiger partial charge on any atom is -0.507 e. The summed E-state index contributed by atoms with van der Waals surface area (Å²) in [5.74, 6) is 0.838. The Kier molecular flexibility index (Phi) is 5.08. The number of aromatic hydroxyl groups is 1. The molecule has 0 aliphatic carbocycles. The van der Waals surface area contributed by atoms with E-state index in [0.29, 0.717) is 36.8 Å². The van der Waals surface area contributed by atoms with Crippen LogP contribution in [0.5, 0.6) is 5.75 Å². The van der Waals surface area contributed by atoms with Gasteiger partial charge in [-0.3, -0.25) is 4.79 Å². The van der Waals surface area contributed by atoms with Crippen molar-refractivity contribution in [2.45, 2.75) is 20.0 Å². The molecule has 0 bridgehead atoms. The number of hydrogen-bond acceptors (Lipinski definition) is 6. The number of aryl methyl sites for hydroxylation is 2. The molecule has 26 heavy (non-hydrogen) atoms. The highest BCUT2D eigenvalue weighted by molar-refractivity contribution is 5.81. The number of amides is 1. The molecule has 7 heteroatoms. The molecule has 1 amide bonds. The third kappa shape index (κ3) is 3.62. The molecule has 7 nitrogen and oxygen atoms in total. The van der Waals surface area contributed by atoms with Crippen LogP contribution in [0.25, 0.3) is 11.3 Å². The fourth-order valence-electron chi connectivity index (χ4n) is 3.20. The fraction of sp³-hybridized carbons (Fsp3) is 0.421. The lowest BCUT2D eigenvalue weighted by Crippen LogP contribution is -2.49. The van der Waals surface area contributed by atoms with Gasteiger partial charge in [0.15, 0.2) is 11.9 Å². The van der Waals surface area contributed by atoms with Crippen molar-refractivity contribution in [2.75, 3.05) is 38.7 Å². The van der Waals surface area contributed by atoms with Crippen molar-refractivity contribution in [2.24, 2.45) is 0 Å². The average Bonchev–Trinajstić information content (AvgIpc) is 2.61. The van der Waals surface area contributed by atoms with E-state index in [2.05, 4.69) is 10.2 Å². The molecular weight excluding hydrogens is 332 g/mol. The first-order valence-electron chi connectivity index (χ1n) is 8.59. The number of likely N-dealkylation sites (N-methyl/N-ethyl adjacent to an activating group) is 1. The first kappa shape index (κ1) is 18.1. The van der Waals surface area contributed by atoms with Gasteiger partial charge in [0, 0.05) is 26.2 Å². The normalized spacial score (nSPS) is 17.2. The molecule has 1 aliphatic rings. The van der Waals surface area contributed by atoms with Crippen molar-refractivity contribution in [3.63, 3.8) is 0 Å². The fourth-order valence-corrected chi connectivity index (χ4v) is 3.20. The molecular formula is C19H24N4O3. The highest BCUT2D eigenvalue weighted by Crippen LogP contribution is 2.32. The van der Waals surface area contributed by atoms with Gasteiger partial charge in [0.05, 0.1) is 18.8 Å². The molecule has 1 fully saturated rings. The quantitative estimate of drug-likeness (QED) is 0.903. The van der Waals surface area contributed by atoms with Gasteiger partial charge in [-0.05, 0) is 43.2 Å². The van der Waals surface area contributed by atoms with Crippen LogP contribution in [0.1, 0.15) is 11.1 Å². The van der Waals surface area contributed by atoms with Gasteiger partial charge in [-0.1, -0.05) is 6.07 Å². The standard InChI is InChI=1S/C19H24N4O3/c1-12-9-13(2)18(15(24)10-12)14-5-6-17(21-20-14)23-7-8-26-16(11-23)19(25)22(3)4/h5-6,9-10,16,24H,7-8,11H2,1-4H3/t16-/m1/s1. The molecule has 2 aromatic rings. The lowest BCUT2D eigenvalue weighted by atomic mass is 10.0. The van der Waals surface area contributed by atoms with E-state index < -0.39 is 6.10 Å². The van der Waals surface area contributed by atoms with Gasteiger partial charge < -0.3 is 19.6 Å². The number of ether oxygens (including phenoxy) is 1. The molecule has 0 saturated carbocycles. The molecule has 2 heterocycles. The van der Waals surface area contributed by atoms with E-state index in [9.17, 15) is 9.90 Å². The second kappa shape index (κ2) is 7.29. The maximum absolute atomic E-state index is 12.1. The van der Waals surface area contributed by atoms with E-state index in [1.807, 2.05) is 36.9 Å². The van der Waals surface area contributed by atoms with Crippen LogP contribution in [0.3, 0.4) is 0 Å². The minimum absolute atomic E-state index is 0.0560. The van der Waals surface area contributed by atoms with Crippen LogP contribution >= 0.6 is 0 Å². The number of anilines is 1. The second-order valence-corrected chi connectivity index (χ2v) is 6.79. The maximum atomic E-state index is 12.1. The Morgan fingerprint density at radius 1 is 1.27 bits per heavy atom. The van der Waals surface area contributed by atoms with Crippen LogP contribution in [0.2, 0.25) is 0 Å². The number of aromatic nitrogens is 2. The SMILES string of the molecule is Cc1cc(C)c(-c2ccc(N3CCO[C@@H](C(=O)N(C)C)C3)nn2)c(O)c1. The van der Waals surface area contributed by atoms with E-state index in [1.165, 1.54) is 4.90 Å². The molecule has 1 aromatic carbocycles. The van der Waals surface area contributed by atoms with Gasteiger partial charge in [0.25, 0.3) is 5.91 Å². The summed E-state index contributed by atoms with van der Waals surface area (Å²) in [5, 5.41) is 18.9. The minimum atomic E-state index is -0.497. The topological polar surface area (TPSA) is 78.8 Å². The van der Waals surface area contributed by atoms with Crippen molar-refractivity contribution in [3.8, 4) is 17.0 Å². The van der Waals surface area contributed by atoms with Crippen LogP contribution < -0.4 is 4.90 Å². The predicted octanol–water partition coefficient (Wildman–Crippen LogP) is 1.76. The molecule has 0 unspecified atom stereocenters.